The van der Waals surface area contributed by atoms with Crippen molar-refractivity contribution in [2.24, 2.45) is 0 Å². The first-order chi connectivity index (χ1) is 22.4. The van der Waals surface area contributed by atoms with Crippen LogP contribution in [0.4, 0.5) is 0 Å². The van der Waals surface area contributed by atoms with E-state index in [0.29, 0.717) is 34.5 Å². The van der Waals surface area contributed by atoms with Crippen LogP contribution in [-0.2, 0) is 25.7 Å². The van der Waals surface area contributed by atoms with E-state index in [1.54, 1.807) is 28.4 Å². The molecule has 2 atom stereocenters. The Hall–Kier alpha value is -4.40. The van der Waals surface area contributed by atoms with E-state index < -0.39 is 0 Å². The maximum absolute atomic E-state index is 6.77. The van der Waals surface area contributed by atoms with Gasteiger partial charge in [-0.2, -0.15) is 0 Å². The molecule has 0 amide bonds. The summed E-state index contributed by atoms with van der Waals surface area (Å²) in [5.74, 6) is 5.44. The Labute approximate surface area is 271 Å². The normalized spacial score (nSPS) is 19.2. The average Bonchev–Trinajstić information content (AvgIpc) is 3.07. The molecule has 8 heteroatoms. The van der Waals surface area contributed by atoms with Gasteiger partial charge in [-0.15, -0.1) is 0 Å². The minimum Gasteiger partial charge on any atom is -0.493 e. The molecule has 0 aromatic heterocycles. The second-order valence-electron chi connectivity index (χ2n) is 12.5. The second kappa shape index (κ2) is 12.4. The van der Waals surface area contributed by atoms with Crippen molar-refractivity contribution in [2.75, 3.05) is 55.6 Å². The van der Waals surface area contributed by atoms with E-state index in [4.69, 9.17) is 28.4 Å². The van der Waals surface area contributed by atoms with Gasteiger partial charge in [0.25, 0.3) is 0 Å². The number of fused-ring (bicyclic) bond motifs is 2. The molecule has 8 nitrogen and oxygen atoms in total. The highest BCUT2D eigenvalue weighted by Gasteiger charge is 2.34. The van der Waals surface area contributed by atoms with E-state index in [1.165, 1.54) is 22.3 Å². The second-order valence-corrected chi connectivity index (χ2v) is 12.5. The lowest BCUT2D eigenvalue weighted by Crippen LogP contribution is -2.34. The molecule has 0 fully saturated rings. The standard InChI is InChI=1S/C38H42N2O6/c1-39-15-13-25-20-32(42-4)34-22-28(25)29(39)17-23-7-10-27(11-8-23)45-38-36-26(21-35(43-5)37(38)44-6)14-16-40(2)30(36)18-24-9-12-31(41-3)33(19-24)46-34/h7-12,19-22,29-30H,13-18H2,1-6H3/t29-,30+/m0/s1. The van der Waals surface area contributed by atoms with Crippen LogP contribution in [0.5, 0.6) is 46.0 Å². The van der Waals surface area contributed by atoms with Gasteiger partial charge in [0.05, 0.1) is 28.4 Å². The zero-order valence-electron chi connectivity index (χ0n) is 27.5. The lowest BCUT2D eigenvalue weighted by molar-refractivity contribution is 0.221. The lowest BCUT2D eigenvalue weighted by Gasteiger charge is -2.37. The summed E-state index contributed by atoms with van der Waals surface area (Å²) in [6.45, 7) is 1.87. The highest BCUT2D eigenvalue weighted by molar-refractivity contribution is 5.62. The molecule has 0 saturated carbocycles. The van der Waals surface area contributed by atoms with Crippen LogP contribution in [-0.4, -0.2) is 65.4 Å². The topological polar surface area (TPSA) is 61.9 Å². The summed E-state index contributed by atoms with van der Waals surface area (Å²) in [5.41, 5.74) is 7.19. The van der Waals surface area contributed by atoms with Crippen LogP contribution in [0.15, 0.2) is 60.7 Å². The van der Waals surface area contributed by atoms with Crippen molar-refractivity contribution in [1.82, 2.24) is 9.80 Å². The number of benzene rings is 4. The van der Waals surface area contributed by atoms with E-state index in [9.17, 15) is 0 Å². The fraction of sp³-hybridized carbons (Fsp3) is 0.368. The number of rotatable bonds is 4. The molecule has 0 unspecified atom stereocenters. The SMILES string of the molecule is COc1ccc2cc1Oc1cc3c(cc1OC)CCN(C)[C@H]3Cc1ccc(cc1)Oc1c(OC)c(OC)cc3c1[C@@H](C2)N(C)CC3. The zero-order valence-corrected chi connectivity index (χ0v) is 27.5. The summed E-state index contributed by atoms with van der Waals surface area (Å²) < 4.78 is 36.9. The summed E-state index contributed by atoms with van der Waals surface area (Å²) in [7, 11) is 11.1. The third kappa shape index (κ3) is 5.39. The van der Waals surface area contributed by atoms with Crippen LogP contribution in [0.3, 0.4) is 0 Å². The van der Waals surface area contributed by atoms with E-state index in [2.05, 4.69) is 78.5 Å². The van der Waals surface area contributed by atoms with Gasteiger partial charge in [-0.1, -0.05) is 18.2 Å². The highest BCUT2D eigenvalue weighted by atomic mass is 16.5. The fourth-order valence-corrected chi connectivity index (χ4v) is 7.27. The van der Waals surface area contributed by atoms with Gasteiger partial charge in [0, 0.05) is 30.7 Å². The van der Waals surface area contributed by atoms with Gasteiger partial charge >= 0.3 is 0 Å². The number of nitrogens with zero attached hydrogens (tertiary/aromatic N) is 2. The van der Waals surface area contributed by atoms with Crippen molar-refractivity contribution in [1.29, 1.82) is 0 Å². The predicted octanol–water partition coefficient (Wildman–Crippen LogP) is 7.16. The summed E-state index contributed by atoms with van der Waals surface area (Å²) in [6, 6.07) is 21.3. The monoisotopic (exact) mass is 622 g/mol. The summed E-state index contributed by atoms with van der Waals surface area (Å²) in [4.78, 5) is 4.81. The molecule has 0 saturated heterocycles. The third-order valence-electron chi connectivity index (χ3n) is 9.85. The smallest absolute Gasteiger partial charge is 0.204 e. The summed E-state index contributed by atoms with van der Waals surface area (Å²) in [6.07, 6.45) is 3.40. The third-order valence-corrected chi connectivity index (χ3v) is 9.85. The van der Waals surface area contributed by atoms with Gasteiger partial charge in [-0.3, -0.25) is 9.80 Å². The predicted molar refractivity (Wildman–Crippen MR) is 178 cm³/mol. The molecular formula is C38H42N2O6. The van der Waals surface area contributed by atoms with Crippen molar-refractivity contribution in [2.45, 2.75) is 37.8 Å². The molecule has 0 N–H and O–H groups in total. The van der Waals surface area contributed by atoms with Crippen molar-refractivity contribution in [3.63, 3.8) is 0 Å². The molecule has 4 aromatic carbocycles. The number of hydrogen-bond donors (Lipinski definition) is 0. The van der Waals surface area contributed by atoms with Crippen LogP contribution >= 0.6 is 0 Å². The van der Waals surface area contributed by atoms with Crippen molar-refractivity contribution in [3.05, 3.63) is 94.0 Å². The van der Waals surface area contributed by atoms with E-state index in [-0.39, 0.29) is 12.1 Å². The Morgan fingerprint density at radius 2 is 1.24 bits per heavy atom. The van der Waals surface area contributed by atoms with Crippen LogP contribution in [0.25, 0.3) is 0 Å². The molecule has 4 aliphatic heterocycles. The maximum atomic E-state index is 6.77. The molecule has 240 valence electrons. The number of likely N-dealkylation sites (N-methyl/N-ethyl adjacent to an activating group) is 2. The average molecular weight is 623 g/mol. The minimum atomic E-state index is 0.0209. The van der Waals surface area contributed by atoms with Gasteiger partial charge in [0.1, 0.15) is 5.75 Å². The van der Waals surface area contributed by atoms with E-state index in [0.717, 1.165) is 61.4 Å². The van der Waals surface area contributed by atoms with Gasteiger partial charge in [0.15, 0.2) is 34.5 Å². The van der Waals surface area contributed by atoms with Crippen molar-refractivity contribution in [3.8, 4) is 46.0 Å². The Morgan fingerprint density at radius 3 is 1.96 bits per heavy atom. The summed E-state index contributed by atoms with van der Waals surface area (Å²) >= 11 is 0. The number of hydrogen-bond acceptors (Lipinski definition) is 8. The first-order valence-corrected chi connectivity index (χ1v) is 15.9. The lowest BCUT2D eigenvalue weighted by atomic mass is 9.87. The first kappa shape index (κ1) is 30.3. The Kier molecular flexibility index (Phi) is 8.17. The molecular weight excluding hydrogens is 580 g/mol. The Balaban J connectivity index is 1.43. The molecule has 8 rings (SSSR count). The van der Waals surface area contributed by atoms with Crippen LogP contribution in [0, 0.1) is 0 Å². The largest absolute Gasteiger partial charge is 0.493 e. The molecule has 0 spiro atoms. The van der Waals surface area contributed by atoms with Crippen LogP contribution in [0.2, 0.25) is 0 Å². The van der Waals surface area contributed by atoms with Crippen molar-refractivity contribution >= 4 is 0 Å². The summed E-state index contributed by atoms with van der Waals surface area (Å²) in [5, 5.41) is 0. The van der Waals surface area contributed by atoms with Gasteiger partial charge in [0.2, 0.25) is 5.75 Å². The quantitative estimate of drug-likeness (QED) is 0.238. The van der Waals surface area contributed by atoms with Crippen LogP contribution < -0.4 is 28.4 Å². The highest BCUT2D eigenvalue weighted by Crippen LogP contribution is 2.50. The van der Waals surface area contributed by atoms with Crippen LogP contribution in [0.1, 0.15) is 45.5 Å². The fourth-order valence-electron chi connectivity index (χ4n) is 7.27. The van der Waals surface area contributed by atoms with Gasteiger partial charge < -0.3 is 28.4 Å². The van der Waals surface area contributed by atoms with Crippen molar-refractivity contribution < 1.29 is 28.4 Å². The molecule has 0 aliphatic carbocycles. The molecule has 4 aliphatic rings. The number of methoxy groups -OCH3 is 4. The molecule has 4 aromatic rings. The van der Waals surface area contributed by atoms with E-state index in [1.807, 2.05) is 6.07 Å². The zero-order chi connectivity index (χ0) is 31.9. The Bertz CT molecular complexity index is 1750. The molecule has 46 heavy (non-hydrogen) atoms. The van der Waals surface area contributed by atoms with Gasteiger partial charge in [-0.25, -0.2) is 0 Å². The van der Waals surface area contributed by atoms with E-state index >= 15 is 0 Å². The first-order valence-electron chi connectivity index (χ1n) is 15.9. The minimum absolute atomic E-state index is 0.0209. The molecule has 6 bridgehead atoms. The molecule has 4 heterocycles. The maximum Gasteiger partial charge on any atom is 0.204 e. The number of ether oxygens (including phenoxy) is 6. The van der Waals surface area contributed by atoms with Gasteiger partial charge in [-0.05, 0) is 110 Å². The Morgan fingerprint density at radius 1 is 0.609 bits per heavy atom. The molecule has 0 radical (unpaired) electrons.